The maximum absolute atomic E-state index is 13.4. The molecule has 0 saturated carbocycles. The number of hydrogen-bond donors (Lipinski definition) is 0. The third kappa shape index (κ3) is 3.42. The quantitative estimate of drug-likeness (QED) is 0.595. The van der Waals surface area contributed by atoms with Gasteiger partial charge < -0.3 is 9.47 Å². The van der Waals surface area contributed by atoms with Crippen molar-refractivity contribution in [2.45, 2.75) is 6.04 Å². The van der Waals surface area contributed by atoms with E-state index < -0.39 is 6.04 Å². The molecule has 4 heterocycles. The number of rotatable bonds is 5. The number of morpholine rings is 1. The molecular formula is C21H26ClN6O4+. The molecule has 0 N–H and O–H groups in total. The monoisotopic (exact) mass is 461 g/mol. The van der Waals surface area contributed by atoms with Crippen LogP contribution in [0.2, 0.25) is 5.02 Å². The number of ether oxygens (including phenoxy) is 2. The van der Waals surface area contributed by atoms with E-state index in [9.17, 15) is 9.59 Å². The van der Waals surface area contributed by atoms with Gasteiger partial charge in [-0.2, -0.15) is 0 Å². The summed E-state index contributed by atoms with van der Waals surface area (Å²) in [7, 11) is 3.25. The highest BCUT2D eigenvalue weighted by Crippen LogP contribution is 2.32. The van der Waals surface area contributed by atoms with E-state index in [0.717, 1.165) is 18.8 Å². The summed E-state index contributed by atoms with van der Waals surface area (Å²) in [6.45, 7) is 5.27. The second kappa shape index (κ2) is 8.34. The Labute approximate surface area is 191 Å². The number of aliphatic imine (C=N–C) groups is 1. The van der Waals surface area contributed by atoms with Gasteiger partial charge in [-0.25, -0.2) is 14.3 Å². The first-order valence-corrected chi connectivity index (χ1v) is 11.1. The number of methoxy groups -OCH3 is 1. The molecule has 2 fully saturated rings. The van der Waals surface area contributed by atoms with E-state index in [0.29, 0.717) is 62.0 Å². The first kappa shape index (κ1) is 21.2. The molecule has 1 atom stereocenters. The van der Waals surface area contributed by atoms with Crippen molar-refractivity contribution in [1.29, 1.82) is 0 Å². The lowest BCUT2D eigenvalue weighted by molar-refractivity contribution is -0.525. The third-order valence-electron chi connectivity index (χ3n) is 6.39. The summed E-state index contributed by atoms with van der Waals surface area (Å²) in [6, 6.07) is 4.62. The average molecular weight is 462 g/mol. The Morgan fingerprint density at radius 3 is 2.72 bits per heavy atom. The van der Waals surface area contributed by atoms with Crippen molar-refractivity contribution in [2.24, 2.45) is 4.99 Å². The van der Waals surface area contributed by atoms with Crippen molar-refractivity contribution in [3.8, 4) is 5.75 Å². The summed E-state index contributed by atoms with van der Waals surface area (Å²) < 4.78 is 12.6. The van der Waals surface area contributed by atoms with Crippen molar-refractivity contribution in [2.75, 3.05) is 71.5 Å². The summed E-state index contributed by atoms with van der Waals surface area (Å²) in [5.74, 6) is 1.51. The van der Waals surface area contributed by atoms with Crippen LogP contribution < -0.4 is 9.64 Å². The number of urea groups is 1. The zero-order chi connectivity index (χ0) is 22.4. The van der Waals surface area contributed by atoms with Crippen LogP contribution in [-0.2, 0) is 9.53 Å². The predicted octanol–water partition coefficient (Wildman–Crippen LogP) is 0.544. The molecule has 4 aliphatic rings. The van der Waals surface area contributed by atoms with E-state index >= 15 is 0 Å². The minimum atomic E-state index is -0.587. The van der Waals surface area contributed by atoms with Crippen LogP contribution in [0.1, 0.15) is 0 Å². The number of benzene rings is 1. The lowest BCUT2D eigenvalue weighted by Crippen LogP contribution is -2.63. The Morgan fingerprint density at radius 2 is 2.00 bits per heavy atom. The first-order valence-electron chi connectivity index (χ1n) is 10.7. The van der Waals surface area contributed by atoms with E-state index in [-0.39, 0.29) is 11.9 Å². The Kier molecular flexibility index (Phi) is 5.52. The van der Waals surface area contributed by atoms with Gasteiger partial charge in [0.05, 0.1) is 31.9 Å². The molecule has 1 unspecified atom stereocenters. The number of likely N-dealkylation sites (N-methyl/N-ethyl adjacent to an activating group) is 1. The normalized spacial score (nSPS) is 23.7. The highest BCUT2D eigenvalue weighted by Gasteiger charge is 2.55. The second-order valence-electron chi connectivity index (χ2n) is 8.12. The summed E-state index contributed by atoms with van der Waals surface area (Å²) in [5.41, 5.74) is 0.863. The smallest absolute Gasteiger partial charge is 0.397 e. The fourth-order valence-electron chi connectivity index (χ4n) is 4.60. The van der Waals surface area contributed by atoms with Crippen molar-refractivity contribution in [3.05, 3.63) is 23.2 Å². The number of hydrogen-bond acceptors (Lipinski definition) is 7. The van der Waals surface area contributed by atoms with Gasteiger partial charge in [0.1, 0.15) is 18.0 Å². The largest absolute Gasteiger partial charge is 0.495 e. The fraction of sp³-hybridized carbons (Fsp3) is 0.524. The Bertz CT molecular complexity index is 1020. The van der Waals surface area contributed by atoms with Crippen molar-refractivity contribution >= 4 is 41.0 Å². The van der Waals surface area contributed by atoms with Crippen LogP contribution >= 0.6 is 11.6 Å². The highest BCUT2D eigenvalue weighted by atomic mass is 35.5. The molecule has 32 heavy (non-hydrogen) atoms. The molecule has 0 aliphatic carbocycles. The Morgan fingerprint density at radius 1 is 1.22 bits per heavy atom. The topological polar surface area (TPSA) is 80.9 Å². The summed E-state index contributed by atoms with van der Waals surface area (Å²) in [5, 5.41) is 0.504. The number of amides is 3. The molecule has 0 aromatic heterocycles. The molecule has 0 bridgehead atoms. The number of anilines is 1. The molecule has 3 amide bonds. The number of amidine groups is 1. The molecule has 170 valence electrons. The lowest BCUT2D eigenvalue weighted by atomic mass is 10.1. The third-order valence-corrected chi connectivity index (χ3v) is 6.68. The molecule has 11 heteroatoms. The first-order chi connectivity index (χ1) is 15.5. The maximum atomic E-state index is 13.4. The minimum absolute atomic E-state index is 0.218. The molecule has 4 aliphatic heterocycles. The highest BCUT2D eigenvalue weighted by molar-refractivity contribution is 6.32. The van der Waals surface area contributed by atoms with Gasteiger partial charge in [-0.3, -0.25) is 19.5 Å². The van der Waals surface area contributed by atoms with E-state index in [1.165, 1.54) is 9.80 Å². The Hall–Kier alpha value is -2.69. The van der Waals surface area contributed by atoms with Gasteiger partial charge in [0.15, 0.2) is 0 Å². The molecule has 5 rings (SSSR count). The second-order valence-corrected chi connectivity index (χ2v) is 8.53. The van der Waals surface area contributed by atoms with Crippen LogP contribution in [0.4, 0.5) is 10.5 Å². The van der Waals surface area contributed by atoms with Crippen LogP contribution in [0.5, 0.6) is 5.75 Å². The van der Waals surface area contributed by atoms with Gasteiger partial charge in [0.25, 0.3) is 5.91 Å². The Balaban J connectivity index is 1.39. The number of halogens is 1. The number of carbonyl (C=O) groups excluding carboxylic acids is 2. The SMILES string of the molecule is COc1ccc(N2CC[N+]3=C2N=C2C3C(=O)N(CCN3CCOCC3)C(=O)N2C)cc1Cl. The fourth-order valence-corrected chi connectivity index (χ4v) is 4.85. The minimum Gasteiger partial charge on any atom is -0.495 e. The van der Waals surface area contributed by atoms with Crippen molar-refractivity contribution < 1.29 is 23.6 Å². The van der Waals surface area contributed by atoms with E-state index in [1.54, 1.807) is 14.2 Å². The van der Waals surface area contributed by atoms with Gasteiger partial charge in [-0.05, 0) is 18.2 Å². The number of nitrogens with zero attached hydrogens (tertiary/aromatic N) is 6. The zero-order valence-corrected chi connectivity index (χ0v) is 18.9. The van der Waals surface area contributed by atoms with E-state index in [2.05, 4.69) is 4.90 Å². The number of fused-ring (bicyclic) bond motifs is 2. The molecule has 2 saturated heterocycles. The standard InChI is InChI=1S/C21H26ClN6O4/c1-24-18-17(19(29)28(21(24)30)6-5-25-9-11-32-12-10-25)27-8-7-26(20(27)23-18)14-3-4-16(31-2)15(22)13-14/h3-4,13,17H,5-12H2,1-2H3/q+1. The summed E-state index contributed by atoms with van der Waals surface area (Å²) >= 11 is 6.32. The molecular weight excluding hydrogens is 436 g/mol. The predicted molar refractivity (Wildman–Crippen MR) is 119 cm³/mol. The van der Waals surface area contributed by atoms with Gasteiger partial charge in [-0.1, -0.05) is 16.6 Å². The number of guanidine groups is 1. The van der Waals surface area contributed by atoms with Crippen molar-refractivity contribution in [3.63, 3.8) is 0 Å². The average Bonchev–Trinajstić information content (AvgIpc) is 3.38. The molecule has 0 spiro atoms. The summed E-state index contributed by atoms with van der Waals surface area (Å²) in [6.07, 6.45) is 0. The molecule has 0 radical (unpaired) electrons. The summed E-state index contributed by atoms with van der Waals surface area (Å²) in [4.78, 5) is 38.2. The zero-order valence-electron chi connectivity index (χ0n) is 18.2. The van der Waals surface area contributed by atoms with Crippen LogP contribution in [0.3, 0.4) is 0 Å². The lowest BCUT2D eigenvalue weighted by Gasteiger charge is -2.35. The molecule has 10 nitrogen and oxygen atoms in total. The van der Waals surface area contributed by atoms with Gasteiger partial charge >= 0.3 is 12.0 Å². The molecule has 1 aromatic carbocycles. The molecule has 1 aromatic rings. The van der Waals surface area contributed by atoms with E-state index in [1.807, 2.05) is 27.7 Å². The van der Waals surface area contributed by atoms with Gasteiger partial charge in [0.2, 0.25) is 11.9 Å². The van der Waals surface area contributed by atoms with Gasteiger partial charge in [0, 0.05) is 33.2 Å². The maximum Gasteiger partial charge on any atom is 0.397 e. The van der Waals surface area contributed by atoms with Crippen LogP contribution in [0.15, 0.2) is 23.2 Å². The van der Waals surface area contributed by atoms with Gasteiger partial charge in [-0.15, -0.1) is 0 Å². The van der Waals surface area contributed by atoms with Crippen LogP contribution in [-0.4, -0.2) is 116 Å². The van der Waals surface area contributed by atoms with Crippen LogP contribution in [0.25, 0.3) is 0 Å². The number of imide groups is 1. The van der Waals surface area contributed by atoms with Crippen LogP contribution in [0, 0.1) is 0 Å². The van der Waals surface area contributed by atoms with E-state index in [4.69, 9.17) is 26.1 Å². The number of carbonyl (C=O) groups is 2. The van der Waals surface area contributed by atoms with Crippen molar-refractivity contribution in [1.82, 2.24) is 14.7 Å².